The van der Waals surface area contributed by atoms with Gasteiger partial charge < -0.3 is 15.5 Å². The van der Waals surface area contributed by atoms with Gasteiger partial charge in [0.25, 0.3) is 0 Å². The van der Waals surface area contributed by atoms with Crippen molar-refractivity contribution in [2.75, 3.05) is 32.7 Å². The molecule has 2 rings (SSSR count). The number of hydrogen-bond donors (Lipinski definition) is 2. The van der Waals surface area contributed by atoms with Crippen LogP contribution in [0.25, 0.3) is 0 Å². The molecule has 2 N–H and O–H groups in total. The number of piperazine rings is 1. The highest BCUT2D eigenvalue weighted by Crippen LogP contribution is 2.20. The van der Waals surface area contributed by atoms with E-state index in [1.165, 1.54) is 0 Å². The Morgan fingerprint density at radius 1 is 1.31 bits per heavy atom. The lowest BCUT2D eigenvalue weighted by Gasteiger charge is -2.43. The van der Waals surface area contributed by atoms with E-state index in [1.54, 1.807) is 0 Å². The van der Waals surface area contributed by atoms with E-state index in [9.17, 15) is 4.79 Å². The smallest absolute Gasteiger partial charge is 0.242 e. The minimum Gasteiger partial charge on any atom is -0.339 e. The SMILES string of the molecule is CC1(C(=O)N2CCNCC2)CCN1. The van der Waals surface area contributed by atoms with Crippen LogP contribution in [0.3, 0.4) is 0 Å². The summed E-state index contributed by atoms with van der Waals surface area (Å²) in [5.74, 6) is 0.278. The highest BCUT2D eigenvalue weighted by atomic mass is 16.2. The average molecular weight is 183 g/mol. The Morgan fingerprint density at radius 2 is 1.92 bits per heavy atom. The maximum Gasteiger partial charge on any atom is 0.242 e. The van der Waals surface area contributed by atoms with Gasteiger partial charge in [-0.15, -0.1) is 0 Å². The van der Waals surface area contributed by atoms with Gasteiger partial charge in [0.15, 0.2) is 0 Å². The molecule has 2 saturated heterocycles. The summed E-state index contributed by atoms with van der Waals surface area (Å²) in [7, 11) is 0. The molecule has 0 saturated carbocycles. The number of nitrogens with zero attached hydrogens (tertiary/aromatic N) is 1. The monoisotopic (exact) mass is 183 g/mol. The van der Waals surface area contributed by atoms with Gasteiger partial charge in [0.1, 0.15) is 0 Å². The molecular formula is C9H17N3O. The third-order valence-electron chi connectivity index (χ3n) is 3.02. The predicted molar refractivity (Wildman–Crippen MR) is 50.5 cm³/mol. The molecule has 0 aromatic heterocycles. The number of hydrogen-bond acceptors (Lipinski definition) is 3. The standard InChI is InChI=1S/C9H17N3O/c1-9(2-3-11-9)8(13)12-6-4-10-5-7-12/h10-11H,2-7H2,1H3. The second kappa shape index (κ2) is 3.27. The van der Waals surface area contributed by atoms with Gasteiger partial charge in [-0.05, 0) is 19.9 Å². The first-order valence-corrected chi connectivity index (χ1v) is 4.97. The molecule has 74 valence electrons. The van der Waals surface area contributed by atoms with Crippen LogP contribution in [-0.4, -0.2) is 49.1 Å². The van der Waals surface area contributed by atoms with Crippen LogP contribution >= 0.6 is 0 Å². The lowest BCUT2D eigenvalue weighted by molar-refractivity contribution is -0.141. The Hall–Kier alpha value is -0.610. The topological polar surface area (TPSA) is 44.4 Å². The van der Waals surface area contributed by atoms with Gasteiger partial charge in [-0.1, -0.05) is 0 Å². The van der Waals surface area contributed by atoms with Crippen LogP contribution in [0, 0.1) is 0 Å². The van der Waals surface area contributed by atoms with Crippen LogP contribution in [0.5, 0.6) is 0 Å². The molecule has 1 unspecified atom stereocenters. The zero-order valence-corrected chi connectivity index (χ0v) is 8.10. The van der Waals surface area contributed by atoms with E-state index >= 15 is 0 Å². The molecule has 2 aliphatic heterocycles. The molecule has 0 aliphatic carbocycles. The fraction of sp³-hybridized carbons (Fsp3) is 0.889. The van der Waals surface area contributed by atoms with E-state index in [0.29, 0.717) is 0 Å². The molecule has 1 atom stereocenters. The van der Waals surface area contributed by atoms with Crippen LogP contribution < -0.4 is 10.6 Å². The molecule has 0 spiro atoms. The molecule has 2 aliphatic rings. The maximum absolute atomic E-state index is 11.9. The zero-order valence-electron chi connectivity index (χ0n) is 8.10. The van der Waals surface area contributed by atoms with Gasteiger partial charge in [0.05, 0.1) is 5.54 Å². The molecule has 13 heavy (non-hydrogen) atoms. The van der Waals surface area contributed by atoms with Gasteiger partial charge in [-0.2, -0.15) is 0 Å². The van der Waals surface area contributed by atoms with Crippen molar-refractivity contribution >= 4 is 5.91 Å². The molecule has 0 aromatic carbocycles. The van der Waals surface area contributed by atoms with Crippen molar-refractivity contribution in [1.82, 2.24) is 15.5 Å². The molecule has 1 amide bonds. The normalized spacial score (nSPS) is 34.1. The van der Waals surface area contributed by atoms with Gasteiger partial charge in [0.2, 0.25) is 5.91 Å². The lowest BCUT2D eigenvalue weighted by atomic mass is 9.88. The highest BCUT2D eigenvalue weighted by Gasteiger charge is 2.41. The molecule has 4 heteroatoms. The third-order valence-corrected chi connectivity index (χ3v) is 3.02. The first-order valence-electron chi connectivity index (χ1n) is 4.97. The van der Waals surface area contributed by atoms with E-state index in [0.717, 1.165) is 39.1 Å². The molecule has 0 bridgehead atoms. The third kappa shape index (κ3) is 1.56. The van der Waals surface area contributed by atoms with Gasteiger partial charge in [-0.3, -0.25) is 4.79 Å². The van der Waals surface area contributed by atoms with Crippen molar-refractivity contribution in [3.8, 4) is 0 Å². The molecule has 2 heterocycles. The first kappa shape index (κ1) is 8.97. The van der Waals surface area contributed by atoms with Crippen LogP contribution in [0.2, 0.25) is 0 Å². The first-order chi connectivity index (χ1) is 6.22. The van der Waals surface area contributed by atoms with Crippen molar-refractivity contribution in [3.63, 3.8) is 0 Å². The Morgan fingerprint density at radius 3 is 2.38 bits per heavy atom. The van der Waals surface area contributed by atoms with E-state index in [4.69, 9.17) is 0 Å². The van der Waals surface area contributed by atoms with Crippen LogP contribution in [0.1, 0.15) is 13.3 Å². The minimum absolute atomic E-state index is 0.253. The largest absolute Gasteiger partial charge is 0.339 e. The van der Waals surface area contributed by atoms with Crippen molar-refractivity contribution in [3.05, 3.63) is 0 Å². The van der Waals surface area contributed by atoms with Crippen LogP contribution in [0.4, 0.5) is 0 Å². The van der Waals surface area contributed by atoms with Gasteiger partial charge in [0, 0.05) is 26.2 Å². The van der Waals surface area contributed by atoms with Crippen molar-refractivity contribution in [2.24, 2.45) is 0 Å². The van der Waals surface area contributed by atoms with Crippen molar-refractivity contribution < 1.29 is 4.79 Å². The fourth-order valence-corrected chi connectivity index (χ4v) is 1.90. The van der Waals surface area contributed by atoms with E-state index in [2.05, 4.69) is 10.6 Å². The number of carbonyl (C=O) groups is 1. The van der Waals surface area contributed by atoms with E-state index < -0.39 is 0 Å². The predicted octanol–water partition coefficient (Wildman–Crippen LogP) is -0.830. The summed E-state index contributed by atoms with van der Waals surface area (Å²) in [5.41, 5.74) is -0.253. The highest BCUT2D eigenvalue weighted by molar-refractivity contribution is 5.87. The zero-order chi connectivity index (χ0) is 9.31. The molecule has 4 nitrogen and oxygen atoms in total. The Bertz CT molecular complexity index is 207. The average Bonchev–Trinajstić information content (AvgIpc) is 2.14. The number of rotatable bonds is 1. The minimum atomic E-state index is -0.253. The van der Waals surface area contributed by atoms with Gasteiger partial charge in [-0.25, -0.2) is 0 Å². The van der Waals surface area contributed by atoms with E-state index in [1.807, 2.05) is 11.8 Å². The van der Waals surface area contributed by atoms with E-state index in [-0.39, 0.29) is 11.4 Å². The summed E-state index contributed by atoms with van der Waals surface area (Å²) in [5, 5.41) is 6.45. The summed E-state index contributed by atoms with van der Waals surface area (Å²) >= 11 is 0. The maximum atomic E-state index is 11.9. The van der Waals surface area contributed by atoms with Crippen LogP contribution in [-0.2, 0) is 4.79 Å². The van der Waals surface area contributed by atoms with Crippen molar-refractivity contribution in [2.45, 2.75) is 18.9 Å². The second-order valence-electron chi connectivity index (χ2n) is 4.05. The fourth-order valence-electron chi connectivity index (χ4n) is 1.90. The number of nitrogens with one attached hydrogen (secondary N) is 2. The lowest BCUT2D eigenvalue weighted by Crippen LogP contribution is -2.66. The Kier molecular flexibility index (Phi) is 2.26. The molecule has 0 radical (unpaired) electrons. The summed E-state index contributed by atoms with van der Waals surface area (Å²) in [6, 6.07) is 0. The molecule has 2 fully saturated rings. The van der Waals surface area contributed by atoms with Gasteiger partial charge >= 0.3 is 0 Å². The summed E-state index contributed by atoms with van der Waals surface area (Å²) in [4.78, 5) is 13.9. The quantitative estimate of drug-likeness (QED) is 0.558. The second-order valence-corrected chi connectivity index (χ2v) is 4.05. The number of amides is 1. The Balaban J connectivity index is 1.95. The Labute approximate surface area is 78.7 Å². The summed E-state index contributed by atoms with van der Waals surface area (Å²) in [6.07, 6.45) is 0.982. The molecule has 0 aromatic rings. The summed E-state index contributed by atoms with van der Waals surface area (Å²) in [6.45, 7) is 6.56. The number of carbonyl (C=O) groups excluding carboxylic acids is 1. The molecular weight excluding hydrogens is 166 g/mol. The van der Waals surface area contributed by atoms with Crippen LogP contribution in [0.15, 0.2) is 0 Å². The summed E-state index contributed by atoms with van der Waals surface area (Å²) < 4.78 is 0. The van der Waals surface area contributed by atoms with Crippen molar-refractivity contribution in [1.29, 1.82) is 0 Å².